The quantitative estimate of drug-likeness (QED) is 0.438. The molecule has 1 rings (SSSR count). The number of carbonyl (C=O) groups is 1. The molecule has 0 saturated heterocycles. The fourth-order valence-corrected chi connectivity index (χ4v) is 1.10. The molecular weight excluding hydrogens is 204 g/mol. The van der Waals surface area contributed by atoms with Crippen LogP contribution in [-0.2, 0) is 13.1 Å². The lowest BCUT2D eigenvalue weighted by Gasteiger charge is -2.08. The Kier molecular flexibility index (Phi) is 3.72. The minimum Gasteiger partial charge on any atom is -0.476 e. The van der Waals surface area contributed by atoms with Crippen LogP contribution in [0.5, 0.6) is 0 Å². The predicted octanol–water partition coefficient (Wildman–Crippen LogP) is -2.21. The summed E-state index contributed by atoms with van der Waals surface area (Å²) in [6.45, 7) is -0.525. The highest BCUT2D eigenvalue weighted by Crippen LogP contribution is 2.05. The molecule has 0 aromatic carbocycles. The molecule has 0 aliphatic carbocycles. The molecule has 1 aromatic rings. The number of aliphatic hydroxyl groups excluding tert-OH is 2. The van der Waals surface area contributed by atoms with E-state index in [2.05, 4.69) is 10.3 Å². The summed E-state index contributed by atoms with van der Waals surface area (Å²) >= 11 is 0. The van der Waals surface area contributed by atoms with Gasteiger partial charge in [0.2, 0.25) is 0 Å². The van der Waals surface area contributed by atoms with Crippen molar-refractivity contribution in [1.29, 1.82) is 0 Å². The Balaban J connectivity index is 2.94. The van der Waals surface area contributed by atoms with Crippen molar-refractivity contribution in [2.24, 2.45) is 5.73 Å². The maximum absolute atomic E-state index is 10.7. The first kappa shape index (κ1) is 11.6. The number of aliphatic hydroxyl groups is 2. The molecule has 8 nitrogen and oxygen atoms in total. The van der Waals surface area contributed by atoms with Gasteiger partial charge < -0.3 is 21.1 Å². The van der Waals surface area contributed by atoms with Gasteiger partial charge in [0.1, 0.15) is 0 Å². The normalized spacial score (nSPS) is 12.7. The molecule has 1 heterocycles. The van der Waals surface area contributed by atoms with Crippen molar-refractivity contribution in [1.82, 2.24) is 15.0 Å². The maximum Gasteiger partial charge on any atom is 0.358 e. The maximum atomic E-state index is 10.7. The van der Waals surface area contributed by atoms with Crippen LogP contribution in [0.1, 0.15) is 16.2 Å². The minimum atomic E-state index is -1.22. The average molecular weight is 216 g/mol. The zero-order chi connectivity index (χ0) is 11.4. The summed E-state index contributed by atoms with van der Waals surface area (Å²) in [6, 6.07) is 0. The Bertz CT molecular complexity index is 351. The number of hydrogen-bond acceptors (Lipinski definition) is 6. The summed E-state index contributed by atoms with van der Waals surface area (Å²) < 4.78 is 1.17. The fourth-order valence-electron chi connectivity index (χ4n) is 1.10. The van der Waals surface area contributed by atoms with E-state index < -0.39 is 18.7 Å². The summed E-state index contributed by atoms with van der Waals surface area (Å²) in [4.78, 5) is 10.7. The highest BCUT2D eigenvalue weighted by Gasteiger charge is 2.18. The van der Waals surface area contributed by atoms with E-state index >= 15 is 0 Å². The molecule has 0 saturated carbocycles. The van der Waals surface area contributed by atoms with E-state index in [0.717, 1.165) is 0 Å². The molecule has 0 aliphatic heterocycles. The Labute approximate surface area is 84.9 Å². The molecule has 0 bridgehead atoms. The molecule has 1 aromatic heterocycles. The van der Waals surface area contributed by atoms with Crippen LogP contribution in [0.15, 0.2) is 0 Å². The van der Waals surface area contributed by atoms with E-state index in [1.165, 1.54) is 4.68 Å². The molecule has 0 fully saturated rings. The molecule has 8 heteroatoms. The van der Waals surface area contributed by atoms with Crippen LogP contribution in [0.25, 0.3) is 0 Å². The third kappa shape index (κ3) is 2.49. The van der Waals surface area contributed by atoms with Gasteiger partial charge in [-0.15, -0.1) is 5.10 Å². The molecule has 84 valence electrons. The van der Waals surface area contributed by atoms with Crippen LogP contribution in [0.2, 0.25) is 0 Å². The Morgan fingerprint density at radius 2 is 2.27 bits per heavy atom. The van der Waals surface area contributed by atoms with E-state index in [-0.39, 0.29) is 24.5 Å². The Morgan fingerprint density at radius 1 is 1.60 bits per heavy atom. The standard InChI is InChI=1S/C7H12N4O4/c8-1-5-6(7(14)15)9-10-11(5)2-4(13)3-12/h4,12-13H,1-3,8H2,(H,14,15). The first-order valence-corrected chi connectivity index (χ1v) is 4.24. The van der Waals surface area contributed by atoms with Crippen LogP contribution >= 0.6 is 0 Å². The van der Waals surface area contributed by atoms with Crippen LogP contribution < -0.4 is 5.73 Å². The number of carboxylic acids is 1. The first-order chi connectivity index (χ1) is 7.10. The van der Waals surface area contributed by atoms with Gasteiger partial charge in [-0.1, -0.05) is 5.21 Å². The van der Waals surface area contributed by atoms with Crippen molar-refractivity contribution in [3.63, 3.8) is 0 Å². The van der Waals surface area contributed by atoms with Gasteiger partial charge >= 0.3 is 5.97 Å². The summed E-state index contributed by atoms with van der Waals surface area (Å²) in [6.07, 6.45) is -1.02. The van der Waals surface area contributed by atoms with Gasteiger partial charge in [-0.25, -0.2) is 9.48 Å². The minimum absolute atomic E-state index is 0.0384. The van der Waals surface area contributed by atoms with Gasteiger partial charge in [0.05, 0.1) is 24.9 Å². The summed E-state index contributed by atoms with van der Waals surface area (Å²) in [5.41, 5.74) is 5.33. The Morgan fingerprint density at radius 3 is 2.73 bits per heavy atom. The van der Waals surface area contributed by atoms with E-state index in [1.54, 1.807) is 0 Å². The monoisotopic (exact) mass is 216 g/mol. The van der Waals surface area contributed by atoms with Crippen LogP contribution in [-0.4, -0.2) is 49.0 Å². The number of nitrogens with two attached hydrogens (primary N) is 1. The van der Waals surface area contributed by atoms with Crippen molar-refractivity contribution in [3.05, 3.63) is 11.4 Å². The van der Waals surface area contributed by atoms with Crippen LogP contribution in [0.4, 0.5) is 0 Å². The van der Waals surface area contributed by atoms with Crippen molar-refractivity contribution in [2.45, 2.75) is 19.2 Å². The highest BCUT2D eigenvalue weighted by molar-refractivity contribution is 5.86. The number of carboxylic acid groups (broad SMARTS) is 1. The van der Waals surface area contributed by atoms with Gasteiger partial charge in [0, 0.05) is 6.54 Å². The average Bonchev–Trinajstić information content (AvgIpc) is 2.60. The molecule has 15 heavy (non-hydrogen) atoms. The van der Waals surface area contributed by atoms with Crippen LogP contribution in [0, 0.1) is 0 Å². The highest BCUT2D eigenvalue weighted by atomic mass is 16.4. The molecule has 0 radical (unpaired) electrons. The van der Waals surface area contributed by atoms with Gasteiger partial charge in [0.25, 0.3) is 0 Å². The van der Waals surface area contributed by atoms with E-state index in [0.29, 0.717) is 0 Å². The van der Waals surface area contributed by atoms with E-state index in [9.17, 15) is 4.79 Å². The molecule has 1 atom stereocenters. The molecule has 0 spiro atoms. The van der Waals surface area contributed by atoms with Gasteiger partial charge in [-0.3, -0.25) is 0 Å². The lowest BCUT2D eigenvalue weighted by atomic mass is 10.3. The molecule has 5 N–H and O–H groups in total. The SMILES string of the molecule is NCc1c(C(=O)O)nnn1CC(O)CO. The van der Waals surface area contributed by atoms with Gasteiger partial charge in [0.15, 0.2) is 5.69 Å². The summed E-state index contributed by atoms with van der Waals surface area (Å²) in [7, 11) is 0. The second-order valence-corrected chi connectivity index (χ2v) is 2.91. The zero-order valence-corrected chi connectivity index (χ0v) is 7.87. The predicted molar refractivity (Wildman–Crippen MR) is 48.0 cm³/mol. The zero-order valence-electron chi connectivity index (χ0n) is 7.87. The van der Waals surface area contributed by atoms with Crippen molar-refractivity contribution < 1.29 is 20.1 Å². The molecular formula is C7H12N4O4. The smallest absolute Gasteiger partial charge is 0.358 e. The van der Waals surface area contributed by atoms with Gasteiger partial charge in [-0.05, 0) is 0 Å². The largest absolute Gasteiger partial charge is 0.476 e. The molecule has 1 unspecified atom stereocenters. The number of aromatic carboxylic acids is 1. The van der Waals surface area contributed by atoms with E-state index in [4.69, 9.17) is 21.1 Å². The molecule has 0 aliphatic rings. The van der Waals surface area contributed by atoms with Crippen molar-refractivity contribution in [3.8, 4) is 0 Å². The summed E-state index contributed by atoms with van der Waals surface area (Å²) in [5, 5.41) is 33.4. The molecule has 0 amide bonds. The topological polar surface area (TPSA) is 134 Å². The van der Waals surface area contributed by atoms with Crippen LogP contribution in [0.3, 0.4) is 0 Å². The number of nitrogens with zero attached hydrogens (tertiary/aromatic N) is 3. The number of aromatic nitrogens is 3. The van der Waals surface area contributed by atoms with Gasteiger partial charge in [-0.2, -0.15) is 0 Å². The Hall–Kier alpha value is -1.51. The second kappa shape index (κ2) is 4.82. The fraction of sp³-hybridized carbons (Fsp3) is 0.571. The van der Waals surface area contributed by atoms with Crippen molar-refractivity contribution >= 4 is 5.97 Å². The lowest BCUT2D eigenvalue weighted by Crippen LogP contribution is -2.23. The summed E-state index contributed by atoms with van der Waals surface area (Å²) in [5.74, 6) is -1.22. The van der Waals surface area contributed by atoms with E-state index in [1.807, 2.05) is 0 Å². The first-order valence-electron chi connectivity index (χ1n) is 4.24. The van der Waals surface area contributed by atoms with Crippen molar-refractivity contribution in [2.75, 3.05) is 6.61 Å². The number of rotatable bonds is 5. The third-order valence-corrected chi connectivity index (χ3v) is 1.83. The number of hydrogen-bond donors (Lipinski definition) is 4. The lowest BCUT2D eigenvalue weighted by molar-refractivity contribution is 0.0687. The second-order valence-electron chi connectivity index (χ2n) is 2.91. The third-order valence-electron chi connectivity index (χ3n) is 1.83.